The molecule has 2 rings (SSSR count). The molecule has 0 aliphatic heterocycles. The van der Waals surface area contributed by atoms with Crippen LogP contribution in [0.15, 0.2) is 30.3 Å². The second-order valence-corrected chi connectivity index (χ2v) is 5.62. The first-order chi connectivity index (χ1) is 10.1. The first-order valence-corrected chi connectivity index (χ1v) is 7.40. The Morgan fingerprint density at radius 2 is 1.90 bits per heavy atom. The molecule has 1 fully saturated rings. The van der Waals surface area contributed by atoms with Crippen LogP contribution in [0.5, 0.6) is 0 Å². The third kappa shape index (κ3) is 4.04. The molecule has 0 spiro atoms. The molecule has 114 valence electrons. The molecule has 4 N–H and O–H groups in total. The van der Waals surface area contributed by atoms with Crippen molar-refractivity contribution in [3.63, 3.8) is 0 Å². The molecule has 3 atom stereocenters. The van der Waals surface area contributed by atoms with Gasteiger partial charge in [0, 0.05) is 6.54 Å². The Bertz CT molecular complexity index is 490. The number of amides is 1. The van der Waals surface area contributed by atoms with Crippen molar-refractivity contribution in [2.24, 2.45) is 17.6 Å². The van der Waals surface area contributed by atoms with Gasteiger partial charge in [0.1, 0.15) is 6.04 Å². The summed E-state index contributed by atoms with van der Waals surface area (Å²) in [5.41, 5.74) is 6.68. The minimum Gasteiger partial charge on any atom is -0.481 e. The normalized spacial score (nSPS) is 23.3. The maximum Gasteiger partial charge on any atom is 0.306 e. The van der Waals surface area contributed by atoms with Crippen molar-refractivity contribution < 1.29 is 14.7 Å². The largest absolute Gasteiger partial charge is 0.481 e. The summed E-state index contributed by atoms with van der Waals surface area (Å²) in [7, 11) is 0. The van der Waals surface area contributed by atoms with Gasteiger partial charge in [-0.3, -0.25) is 9.59 Å². The fourth-order valence-corrected chi connectivity index (χ4v) is 2.93. The van der Waals surface area contributed by atoms with Crippen LogP contribution < -0.4 is 11.1 Å². The molecule has 3 unspecified atom stereocenters. The highest BCUT2D eigenvalue weighted by Gasteiger charge is 2.31. The van der Waals surface area contributed by atoms with Gasteiger partial charge in [0.2, 0.25) is 5.91 Å². The van der Waals surface area contributed by atoms with Gasteiger partial charge in [-0.25, -0.2) is 0 Å². The van der Waals surface area contributed by atoms with Crippen LogP contribution in [-0.4, -0.2) is 23.5 Å². The van der Waals surface area contributed by atoms with Crippen molar-refractivity contribution in [3.8, 4) is 0 Å². The highest BCUT2D eigenvalue weighted by atomic mass is 16.4. The van der Waals surface area contributed by atoms with Crippen LogP contribution in [0.1, 0.15) is 37.3 Å². The molecule has 0 bridgehead atoms. The van der Waals surface area contributed by atoms with Gasteiger partial charge in [-0.2, -0.15) is 0 Å². The molecule has 1 aromatic rings. The molecule has 1 aromatic carbocycles. The molecular weight excluding hydrogens is 268 g/mol. The summed E-state index contributed by atoms with van der Waals surface area (Å²) in [6.45, 7) is 0.385. The molecule has 0 radical (unpaired) electrons. The first-order valence-electron chi connectivity index (χ1n) is 7.40. The van der Waals surface area contributed by atoms with Gasteiger partial charge < -0.3 is 16.2 Å². The predicted molar refractivity (Wildman–Crippen MR) is 79.5 cm³/mol. The molecule has 1 aliphatic rings. The fraction of sp³-hybridized carbons (Fsp3) is 0.500. The van der Waals surface area contributed by atoms with E-state index in [4.69, 9.17) is 5.73 Å². The summed E-state index contributed by atoms with van der Waals surface area (Å²) in [6, 6.07) is 8.45. The monoisotopic (exact) mass is 290 g/mol. The van der Waals surface area contributed by atoms with E-state index in [0.717, 1.165) is 24.8 Å². The second-order valence-electron chi connectivity index (χ2n) is 5.62. The van der Waals surface area contributed by atoms with Crippen LogP contribution in [0.2, 0.25) is 0 Å². The molecular formula is C16H22N2O3. The lowest BCUT2D eigenvalue weighted by molar-refractivity contribution is -0.145. The summed E-state index contributed by atoms with van der Waals surface area (Å²) in [6.07, 6.45) is 3.51. The Morgan fingerprint density at radius 3 is 2.57 bits per heavy atom. The number of carboxylic acid groups (broad SMARTS) is 1. The average Bonchev–Trinajstić information content (AvgIpc) is 2.52. The van der Waals surface area contributed by atoms with E-state index < -0.39 is 12.0 Å². The Balaban J connectivity index is 1.89. The van der Waals surface area contributed by atoms with Gasteiger partial charge in [0.15, 0.2) is 0 Å². The molecule has 1 amide bonds. The van der Waals surface area contributed by atoms with Gasteiger partial charge in [-0.15, -0.1) is 0 Å². The standard InChI is InChI=1S/C16H22N2O3/c17-14(11-6-2-1-3-7-11)15(19)18-10-12-8-4-5-9-13(12)16(20)21/h1-3,6-7,12-14H,4-5,8-10,17H2,(H,18,19)(H,20,21). The van der Waals surface area contributed by atoms with Crippen LogP contribution in [0.4, 0.5) is 0 Å². The zero-order chi connectivity index (χ0) is 15.2. The molecule has 0 saturated heterocycles. The second kappa shape index (κ2) is 7.22. The van der Waals surface area contributed by atoms with E-state index in [0.29, 0.717) is 13.0 Å². The number of hydrogen-bond acceptors (Lipinski definition) is 3. The Morgan fingerprint density at radius 1 is 1.24 bits per heavy atom. The van der Waals surface area contributed by atoms with E-state index in [1.807, 2.05) is 30.3 Å². The summed E-state index contributed by atoms with van der Waals surface area (Å²) in [5, 5.41) is 12.0. The quantitative estimate of drug-likeness (QED) is 0.769. The molecule has 0 heterocycles. The van der Waals surface area contributed by atoms with E-state index in [2.05, 4.69) is 5.32 Å². The van der Waals surface area contributed by atoms with Crippen LogP contribution in [0.25, 0.3) is 0 Å². The maximum atomic E-state index is 12.1. The molecule has 1 saturated carbocycles. The summed E-state index contributed by atoms with van der Waals surface area (Å²) in [4.78, 5) is 23.3. The minimum atomic E-state index is -0.763. The number of carboxylic acids is 1. The van der Waals surface area contributed by atoms with Crippen molar-refractivity contribution in [3.05, 3.63) is 35.9 Å². The minimum absolute atomic E-state index is 0.00294. The van der Waals surface area contributed by atoms with E-state index in [1.54, 1.807) is 0 Å². The number of hydrogen-bond donors (Lipinski definition) is 3. The van der Waals surface area contributed by atoms with Gasteiger partial charge in [-0.05, 0) is 24.3 Å². The molecule has 21 heavy (non-hydrogen) atoms. The lowest BCUT2D eigenvalue weighted by atomic mass is 9.79. The zero-order valence-corrected chi connectivity index (χ0v) is 12.0. The van der Waals surface area contributed by atoms with Crippen molar-refractivity contribution in [1.82, 2.24) is 5.32 Å². The van der Waals surface area contributed by atoms with Gasteiger partial charge in [0.25, 0.3) is 0 Å². The van der Waals surface area contributed by atoms with Crippen molar-refractivity contribution in [1.29, 1.82) is 0 Å². The van der Waals surface area contributed by atoms with E-state index in [-0.39, 0.29) is 17.7 Å². The van der Waals surface area contributed by atoms with Crippen LogP contribution in [0, 0.1) is 11.8 Å². The van der Waals surface area contributed by atoms with Gasteiger partial charge in [-0.1, -0.05) is 43.2 Å². The van der Waals surface area contributed by atoms with E-state index >= 15 is 0 Å². The van der Waals surface area contributed by atoms with Gasteiger partial charge in [0.05, 0.1) is 5.92 Å². The zero-order valence-electron chi connectivity index (χ0n) is 12.0. The number of rotatable bonds is 5. The summed E-state index contributed by atoms with van der Waals surface area (Å²) >= 11 is 0. The average molecular weight is 290 g/mol. The predicted octanol–water partition coefficient (Wildman–Crippen LogP) is 1.69. The van der Waals surface area contributed by atoms with Crippen molar-refractivity contribution in [2.75, 3.05) is 6.54 Å². The first kappa shape index (κ1) is 15.5. The third-order valence-electron chi connectivity index (χ3n) is 4.21. The molecule has 1 aliphatic carbocycles. The number of benzene rings is 1. The number of nitrogens with two attached hydrogens (primary N) is 1. The van der Waals surface area contributed by atoms with Crippen molar-refractivity contribution >= 4 is 11.9 Å². The van der Waals surface area contributed by atoms with E-state index in [9.17, 15) is 14.7 Å². The van der Waals surface area contributed by atoms with E-state index in [1.165, 1.54) is 0 Å². The van der Waals surface area contributed by atoms with Crippen LogP contribution in [-0.2, 0) is 9.59 Å². The SMILES string of the molecule is NC(C(=O)NCC1CCCCC1C(=O)O)c1ccccc1. The number of aliphatic carboxylic acids is 1. The number of carbonyl (C=O) groups is 2. The molecule has 0 aromatic heterocycles. The van der Waals surface area contributed by atoms with Gasteiger partial charge >= 0.3 is 5.97 Å². The smallest absolute Gasteiger partial charge is 0.306 e. The molecule has 5 heteroatoms. The highest BCUT2D eigenvalue weighted by Crippen LogP contribution is 2.29. The number of carbonyl (C=O) groups excluding carboxylic acids is 1. The lowest BCUT2D eigenvalue weighted by Crippen LogP contribution is -2.40. The number of nitrogens with one attached hydrogen (secondary N) is 1. The topological polar surface area (TPSA) is 92.4 Å². The van der Waals surface area contributed by atoms with Crippen LogP contribution >= 0.6 is 0 Å². The maximum absolute atomic E-state index is 12.1. The Kier molecular flexibility index (Phi) is 5.33. The third-order valence-corrected chi connectivity index (χ3v) is 4.21. The van der Waals surface area contributed by atoms with Crippen molar-refractivity contribution in [2.45, 2.75) is 31.7 Å². The highest BCUT2D eigenvalue weighted by molar-refractivity contribution is 5.83. The molecule has 5 nitrogen and oxygen atoms in total. The Labute approximate surface area is 124 Å². The summed E-state index contributed by atoms with van der Waals surface area (Å²) in [5.74, 6) is -1.37. The fourth-order valence-electron chi connectivity index (χ4n) is 2.93. The summed E-state index contributed by atoms with van der Waals surface area (Å²) < 4.78 is 0. The Hall–Kier alpha value is -1.88. The van der Waals surface area contributed by atoms with Crippen LogP contribution in [0.3, 0.4) is 0 Å². The lowest BCUT2D eigenvalue weighted by Gasteiger charge is -2.29.